The van der Waals surface area contributed by atoms with Crippen LogP contribution in [0.15, 0.2) is 36.5 Å². The second kappa shape index (κ2) is 7.48. The zero-order valence-electron chi connectivity index (χ0n) is 14.0. The van der Waals surface area contributed by atoms with Crippen molar-refractivity contribution in [1.29, 1.82) is 0 Å². The zero-order valence-corrected chi connectivity index (χ0v) is 14.0. The standard InChI is InChI=1S/C18H21N3O4/c1-25-10-9-15(18(23)24)20-17(22)14-11-19-21(16(14)12-7-8-12)13-5-3-2-4-6-13/h2-6,11-12,15H,7-10H2,1H3,(H,20,22)(H,23,24). The number of carbonyl (C=O) groups is 2. The fourth-order valence-electron chi connectivity index (χ4n) is 2.79. The van der Waals surface area contributed by atoms with Crippen LogP contribution in [-0.2, 0) is 9.53 Å². The van der Waals surface area contributed by atoms with E-state index < -0.39 is 17.9 Å². The van der Waals surface area contributed by atoms with Crippen LogP contribution in [0.5, 0.6) is 0 Å². The molecule has 0 saturated heterocycles. The van der Waals surface area contributed by atoms with E-state index >= 15 is 0 Å². The fraction of sp³-hybridized carbons (Fsp3) is 0.389. The second-order valence-corrected chi connectivity index (χ2v) is 6.11. The number of ether oxygens (including phenoxy) is 1. The predicted octanol–water partition coefficient (Wildman–Crippen LogP) is 1.97. The molecule has 7 heteroatoms. The lowest BCUT2D eigenvalue weighted by Gasteiger charge is -2.14. The molecule has 1 heterocycles. The molecule has 132 valence electrons. The molecule has 0 aliphatic heterocycles. The van der Waals surface area contributed by atoms with E-state index in [0.29, 0.717) is 5.56 Å². The Morgan fingerprint density at radius 2 is 2.08 bits per heavy atom. The van der Waals surface area contributed by atoms with Gasteiger partial charge in [-0.05, 0) is 25.0 Å². The molecule has 1 atom stereocenters. The minimum atomic E-state index is -1.08. The van der Waals surface area contributed by atoms with Crippen LogP contribution in [0.3, 0.4) is 0 Å². The Bertz CT molecular complexity index is 753. The molecule has 0 bridgehead atoms. The molecule has 0 spiro atoms. The van der Waals surface area contributed by atoms with Crippen molar-refractivity contribution in [3.8, 4) is 5.69 Å². The summed E-state index contributed by atoms with van der Waals surface area (Å²) in [7, 11) is 1.50. The molecule has 1 aliphatic rings. The number of rotatable bonds is 8. The summed E-state index contributed by atoms with van der Waals surface area (Å²) in [4.78, 5) is 24.0. The van der Waals surface area contributed by atoms with Gasteiger partial charge in [-0.25, -0.2) is 9.48 Å². The maximum absolute atomic E-state index is 12.7. The number of para-hydroxylation sites is 1. The van der Waals surface area contributed by atoms with Crippen LogP contribution in [-0.4, -0.2) is 46.5 Å². The van der Waals surface area contributed by atoms with Gasteiger partial charge in [0.15, 0.2) is 0 Å². The quantitative estimate of drug-likeness (QED) is 0.764. The topological polar surface area (TPSA) is 93.5 Å². The van der Waals surface area contributed by atoms with Gasteiger partial charge in [-0.15, -0.1) is 0 Å². The molecular weight excluding hydrogens is 322 g/mol. The van der Waals surface area contributed by atoms with Gasteiger partial charge < -0.3 is 15.2 Å². The number of aliphatic carboxylic acids is 1. The Labute approximate surface area is 145 Å². The number of amides is 1. The van der Waals surface area contributed by atoms with Gasteiger partial charge in [0.1, 0.15) is 6.04 Å². The highest BCUT2D eigenvalue weighted by Gasteiger charge is 2.33. The maximum Gasteiger partial charge on any atom is 0.326 e. The largest absolute Gasteiger partial charge is 0.480 e. The first-order chi connectivity index (χ1) is 12.1. The number of benzene rings is 1. The van der Waals surface area contributed by atoms with Crippen molar-refractivity contribution in [3.63, 3.8) is 0 Å². The molecule has 7 nitrogen and oxygen atoms in total. The summed E-state index contributed by atoms with van der Waals surface area (Å²) in [6, 6.07) is 8.62. The van der Waals surface area contributed by atoms with E-state index in [-0.39, 0.29) is 18.9 Å². The molecule has 2 N–H and O–H groups in total. The molecule has 1 amide bonds. The van der Waals surface area contributed by atoms with Gasteiger partial charge in [-0.2, -0.15) is 5.10 Å². The Morgan fingerprint density at radius 3 is 2.68 bits per heavy atom. The smallest absolute Gasteiger partial charge is 0.326 e. The summed E-state index contributed by atoms with van der Waals surface area (Å²) >= 11 is 0. The van der Waals surface area contributed by atoms with Crippen molar-refractivity contribution in [1.82, 2.24) is 15.1 Å². The fourth-order valence-corrected chi connectivity index (χ4v) is 2.79. The van der Waals surface area contributed by atoms with Gasteiger partial charge in [0, 0.05) is 26.1 Å². The van der Waals surface area contributed by atoms with Crippen LogP contribution in [0.25, 0.3) is 5.69 Å². The normalized spacial score (nSPS) is 14.9. The number of carboxylic acids is 1. The van der Waals surface area contributed by atoms with Crippen LogP contribution >= 0.6 is 0 Å². The van der Waals surface area contributed by atoms with E-state index in [0.717, 1.165) is 24.2 Å². The number of hydrogen-bond acceptors (Lipinski definition) is 4. The van der Waals surface area contributed by atoms with Gasteiger partial charge in [0.2, 0.25) is 0 Å². The van der Waals surface area contributed by atoms with Crippen molar-refractivity contribution in [3.05, 3.63) is 47.8 Å². The first-order valence-corrected chi connectivity index (χ1v) is 8.27. The molecule has 25 heavy (non-hydrogen) atoms. The Kier molecular flexibility index (Phi) is 5.14. The van der Waals surface area contributed by atoms with Crippen molar-refractivity contribution in [2.45, 2.75) is 31.2 Å². The first kappa shape index (κ1) is 17.2. The number of hydrogen-bond donors (Lipinski definition) is 2. The summed E-state index contributed by atoms with van der Waals surface area (Å²) in [6.07, 6.45) is 3.74. The third kappa shape index (κ3) is 3.88. The van der Waals surface area contributed by atoms with E-state index in [1.165, 1.54) is 13.3 Å². The molecule has 1 aliphatic carbocycles. The highest BCUT2D eigenvalue weighted by molar-refractivity contribution is 5.97. The van der Waals surface area contributed by atoms with Crippen molar-refractivity contribution in [2.24, 2.45) is 0 Å². The van der Waals surface area contributed by atoms with Gasteiger partial charge in [-0.1, -0.05) is 18.2 Å². The molecule has 1 unspecified atom stereocenters. The van der Waals surface area contributed by atoms with Crippen molar-refractivity contribution in [2.75, 3.05) is 13.7 Å². The summed E-state index contributed by atoms with van der Waals surface area (Å²) in [5.74, 6) is -1.20. The average molecular weight is 343 g/mol. The van der Waals surface area contributed by atoms with Gasteiger partial charge in [0.05, 0.1) is 23.1 Å². The van der Waals surface area contributed by atoms with E-state index in [1.54, 1.807) is 4.68 Å². The van der Waals surface area contributed by atoms with Crippen LogP contribution in [0.2, 0.25) is 0 Å². The zero-order chi connectivity index (χ0) is 17.8. The lowest BCUT2D eigenvalue weighted by Crippen LogP contribution is -2.41. The minimum absolute atomic E-state index is 0.211. The number of nitrogens with one attached hydrogen (secondary N) is 1. The second-order valence-electron chi connectivity index (χ2n) is 6.11. The number of nitrogens with zero attached hydrogens (tertiary/aromatic N) is 2. The molecule has 3 rings (SSSR count). The minimum Gasteiger partial charge on any atom is -0.480 e. The monoisotopic (exact) mass is 343 g/mol. The molecule has 1 fully saturated rings. The highest BCUT2D eigenvalue weighted by Crippen LogP contribution is 2.42. The molecule has 1 saturated carbocycles. The van der Waals surface area contributed by atoms with E-state index in [1.807, 2.05) is 30.3 Å². The lowest BCUT2D eigenvalue weighted by molar-refractivity contribution is -0.139. The maximum atomic E-state index is 12.7. The molecule has 1 aromatic carbocycles. The molecule has 0 radical (unpaired) electrons. The SMILES string of the molecule is COCCC(NC(=O)c1cnn(-c2ccccc2)c1C1CC1)C(=O)O. The lowest BCUT2D eigenvalue weighted by atomic mass is 10.1. The van der Waals surface area contributed by atoms with Crippen molar-refractivity contribution >= 4 is 11.9 Å². The average Bonchev–Trinajstić information content (AvgIpc) is 3.36. The van der Waals surface area contributed by atoms with Crippen LogP contribution in [0, 0.1) is 0 Å². The summed E-state index contributed by atoms with van der Waals surface area (Å²) in [5.41, 5.74) is 2.17. The van der Waals surface area contributed by atoms with Crippen molar-refractivity contribution < 1.29 is 19.4 Å². The van der Waals surface area contributed by atoms with Gasteiger partial charge in [0.25, 0.3) is 5.91 Å². The summed E-state index contributed by atoms with van der Waals surface area (Å²) in [5, 5.41) is 16.2. The van der Waals surface area contributed by atoms with Crippen LogP contribution in [0.1, 0.15) is 41.2 Å². The summed E-state index contributed by atoms with van der Waals surface area (Å²) in [6.45, 7) is 0.260. The number of aromatic nitrogens is 2. The first-order valence-electron chi connectivity index (χ1n) is 8.27. The van der Waals surface area contributed by atoms with E-state index in [2.05, 4.69) is 10.4 Å². The molecule has 2 aromatic rings. The van der Waals surface area contributed by atoms with E-state index in [4.69, 9.17) is 4.74 Å². The summed E-state index contributed by atoms with van der Waals surface area (Å²) < 4.78 is 6.69. The van der Waals surface area contributed by atoms with Gasteiger partial charge in [-0.3, -0.25) is 4.79 Å². The highest BCUT2D eigenvalue weighted by atomic mass is 16.5. The molecule has 1 aromatic heterocycles. The molecular formula is C18H21N3O4. The van der Waals surface area contributed by atoms with E-state index in [9.17, 15) is 14.7 Å². The van der Waals surface area contributed by atoms with Crippen LogP contribution in [0.4, 0.5) is 0 Å². The number of carbonyl (C=O) groups excluding carboxylic acids is 1. The Hall–Kier alpha value is -2.67. The third-order valence-corrected chi connectivity index (χ3v) is 4.23. The predicted molar refractivity (Wildman–Crippen MR) is 90.9 cm³/mol. The Morgan fingerprint density at radius 1 is 1.36 bits per heavy atom. The number of methoxy groups -OCH3 is 1. The van der Waals surface area contributed by atoms with Gasteiger partial charge >= 0.3 is 5.97 Å². The Balaban J connectivity index is 1.85. The third-order valence-electron chi connectivity index (χ3n) is 4.23. The number of carboxylic acid groups (broad SMARTS) is 1. The van der Waals surface area contributed by atoms with Crippen LogP contribution < -0.4 is 5.32 Å².